The molecular weight excluding hydrogens is 190 g/mol. The zero-order chi connectivity index (χ0) is 15.2. The van der Waals surface area contributed by atoms with E-state index in [0.717, 1.165) is 4.57 Å². The molecule has 1 aromatic heterocycles. The van der Waals surface area contributed by atoms with Crippen molar-refractivity contribution in [1.82, 2.24) is 4.57 Å². The second-order valence-electron chi connectivity index (χ2n) is 3.05. The van der Waals surface area contributed by atoms with Gasteiger partial charge in [0.15, 0.2) is 5.75 Å². The van der Waals surface area contributed by atoms with Crippen LogP contribution in [0.2, 0.25) is 0 Å². The van der Waals surface area contributed by atoms with Gasteiger partial charge in [0.05, 0.1) is 6.85 Å². The van der Waals surface area contributed by atoms with Gasteiger partial charge in [0, 0.05) is 11.9 Å². The highest BCUT2D eigenvalue weighted by atomic mass is 16.3. The lowest BCUT2D eigenvalue weighted by Crippen LogP contribution is -2.17. The normalized spacial score (nSPS) is 14.9. The van der Waals surface area contributed by atoms with Gasteiger partial charge in [-0.3, -0.25) is 9.36 Å². The molecule has 0 aliphatic carbocycles. The van der Waals surface area contributed by atoms with Crippen molar-refractivity contribution in [3.8, 4) is 11.4 Å². The minimum absolute atomic E-state index is 0.278. The van der Waals surface area contributed by atoms with Gasteiger partial charge in [-0.25, -0.2) is 0 Å². The van der Waals surface area contributed by atoms with Crippen LogP contribution in [0.4, 0.5) is 0 Å². The largest absolute Gasteiger partial charge is 0.503 e. The van der Waals surface area contributed by atoms with Crippen LogP contribution in [0.15, 0.2) is 47.3 Å². The number of nitrogens with zero attached hydrogens (tertiary/aromatic N) is 1. The van der Waals surface area contributed by atoms with E-state index in [1.165, 1.54) is 12.3 Å². The Kier molecular flexibility index (Phi) is 1.24. The minimum Gasteiger partial charge on any atom is -0.503 e. The quantitative estimate of drug-likeness (QED) is 0.773. The monoisotopic (exact) mass is 206 g/mol. The first-order valence-electron chi connectivity index (χ1n) is 6.75. The van der Waals surface area contributed by atoms with E-state index in [1.807, 2.05) is 0 Å². The van der Waals surface area contributed by atoms with Gasteiger partial charge in [0.1, 0.15) is 0 Å². The maximum Gasteiger partial charge on any atom is 0.297 e. The molecule has 0 atom stereocenters. The molecule has 1 heterocycles. The average Bonchev–Trinajstić information content (AvgIpc) is 2.39. The van der Waals surface area contributed by atoms with Crippen LogP contribution >= 0.6 is 0 Å². The summed E-state index contributed by atoms with van der Waals surface area (Å²) in [5, 5.41) is 9.53. The van der Waals surface area contributed by atoms with E-state index in [2.05, 4.69) is 0 Å². The third-order valence-electron chi connectivity index (χ3n) is 1.86. The highest BCUT2D eigenvalue weighted by Gasteiger charge is 2.04. The Morgan fingerprint density at radius 1 is 1.33 bits per heavy atom. The van der Waals surface area contributed by atoms with Gasteiger partial charge in [-0.15, -0.1) is 0 Å². The Morgan fingerprint density at radius 3 is 2.67 bits per heavy atom. The molecule has 0 bridgehead atoms. The van der Waals surface area contributed by atoms with E-state index in [1.54, 1.807) is 6.92 Å². The van der Waals surface area contributed by atoms with E-state index < -0.39 is 41.5 Å². The fraction of sp³-hybridized carbons (Fsp3) is 0.0833. The van der Waals surface area contributed by atoms with Crippen LogP contribution in [-0.4, -0.2) is 9.67 Å². The van der Waals surface area contributed by atoms with Crippen molar-refractivity contribution in [2.75, 3.05) is 0 Å². The standard InChI is InChI=1S/C12H11NO2/c1-9-7-11(14)12(15)13(8-9)10-5-3-2-4-6-10/h2-8,14H,1H3/i2D,3D,4D,5D,6D. The number of rotatable bonds is 1. The highest BCUT2D eigenvalue weighted by molar-refractivity contribution is 5.35. The lowest BCUT2D eigenvalue weighted by atomic mass is 10.2. The van der Waals surface area contributed by atoms with Gasteiger partial charge in [-0.1, -0.05) is 18.1 Å². The number of aromatic nitrogens is 1. The maximum absolute atomic E-state index is 11.9. The summed E-state index contributed by atoms with van der Waals surface area (Å²) in [4.78, 5) is 11.9. The number of aromatic hydroxyl groups is 1. The fourth-order valence-corrected chi connectivity index (χ4v) is 1.23. The Hall–Kier alpha value is -2.03. The number of benzene rings is 1. The van der Waals surface area contributed by atoms with Crippen LogP contribution < -0.4 is 5.56 Å². The molecule has 1 aromatic carbocycles. The van der Waals surface area contributed by atoms with Crippen molar-refractivity contribution in [3.63, 3.8) is 0 Å². The molecule has 0 spiro atoms. The van der Waals surface area contributed by atoms with Gasteiger partial charge in [-0.05, 0) is 30.6 Å². The van der Waals surface area contributed by atoms with Crippen molar-refractivity contribution in [2.45, 2.75) is 6.92 Å². The predicted octanol–water partition coefficient (Wildman–Crippen LogP) is 1.85. The van der Waals surface area contributed by atoms with E-state index in [-0.39, 0.29) is 5.69 Å². The second-order valence-corrected chi connectivity index (χ2v) is 3.05. The number of hydrogen-bond acceptors (Lipinski definition) is 2. The predicted molar refractivity (Wildman–Crippen MR) is 58.4 cm³/mol. The summed E-state index contributed by atoms with van der Waals surface area (Å²) in [5.74, 6) is -0.545. The lowest BCUT2D eigenvalue weighted by molar-refractivity contribution is 0.463. The Labute approximate surface area is 94.3 Å². The molecule has 15 heavy (non-hydrogen) atoms. The molecule has 0 radical (unpaired) electrons. The molecule has 76 valence electrons. The Morgan fingerprint density at radius 2 is 2.00 bits per heavy atom. The van der Waals surface area contributed by atoms with Gasteiger partial charge >= 0.3 is 0 Å². The van der Waals surface area contributed by atoms with E-state index >= 15 is 0 Å². The highest BCUT2D eigenvalue weighted by Crippen LogP contribution is 2.09. The summed E-state index contributed by atoms with van der Waals surface area (Å²) in [6.45, 7) is 1.62. The maximum atomic E-state index is 11.9. The molecule has 0 amide bonds. The molecular formula is C12H11NO2. The number of pyridine rings is 1. The van der Waals surface area contributed by atoms with Gasteiger partial charge in [0.25, 0.3) is 5.56 Å². The van der Waals surface area contributed by atoms with Crippen LogP contribution in [0.3, 0.4) is 0 Å². The van der Waals surface area contributed by atoms with Crippen molar-refractivity contribution >= 4 is 0 Å². The van der Waals surface area contributed by atoms with Crippen LogP contribution in [0.1, 0.15) is 12.4 Å². The van der Waals surface area contributed by atoms with Gasteiger partial charge < -0.3 is 5.11 Å². The summed E-state index contributed by atoms with van der Waals surface area (Å²) in [6.07, 6.45) is 1.32. The van der Waals surface area contributed by atoms with Crippen molar-refractivity contribution in [3.05, 3.63) is 58.4 Å². The fourth-order valence-electron chi connectivity index (χ4n) is 1.23. The van der Waals surface area contributed by atoms with Gasteiger partial charge in [-0.2, -0.15) is 0 Å². The molecule has 0 saturated heterocycles. The van der Waals surface area contributed by atoms with E-state index in [9.17, 15) is 9.90 Å². The molecule has 3 nitrogen and oxygen atoms in total. The molecule has 1 N–H and O–H groups in total. The Bertz CT molecular complexity index is 740. The van der Waals surface area contributed by atoms with E-state index in [0.29, 0.717) is 5.56 Å². The first-order chi connectivity index (χ1) is 9.25. The summed E-state index contributed by atoms with van der Waals surface area (Å²) in [6, 6.07) is -1.35. The summed E-state index contributed by atoms with van der Waals surface area (Å²) < 4.78 is 39.1. The van der Waals surface area contributed by atoms with Crippen LogP contribution in [0.5, 0.6) is 5.75 Å². The van der Waals surface area contributed by atoms with Crippen molar-refractivity contribution in [2.24, 2.45) is 0 Å². The second kappa shape index (κ2) is 3.61. The molecule has 3 heteroatoms. The first kappa shape index (κ1) is 5.16. The molecule has 0 saturated carbocycles. The van der Waals surface area contributed by atoms with Crippen LogP contribution in [0.25, 0.3) is 5.69 Å². The molecule has 0 fully saturated rings. The number of aryl methyl sites for hydroxylation is 1. The minimum atomic E-state index is -0.839. The van der Waals surface area contributed by atoms with Crippen molar-refractivity contribution < 1.29 is 12.0 Å². The SMILES string of the molecule is [2H]c1c([2H])c([2H])c(-n2cc(C)cc(O)c2=O)c([2H])c1[2H]. The average molecular weight is 206 g/mol. The third kappa shape index (κ3) is 1.76. The van der Waals surface area contributed by atoms with E-state index in [4.69, 9.17) is 6.85 Å². The lowest BCUT2D eigenvalue weighted by Gasteiger charge is -2.06. The Balaban J connectivity index is 2.95. The molecule has 2 aromatic rings. The third-order valence-corrected chi connectivity index (χ3v) is 1.86. The molecule has 0 aliphatic heterocycles. The molecule has 2 rings (SSSR count). The summed E-state index contributed by atoms with van der Waals surface area (Å²) >= 11 is 0. The zero-order valence-corrected chi connectivity index (χ0v) is 7.96. The summed E-state index contributed by atoms with van der Waals surface area (Å²) in [7, 11) is 0. The zero-order valence-electron chi connectivity index (χ0n) is 13.0. The van der Waals surface area contributed by atoms with Gasteiger partial charge in [0.2, 0.25) is 0 Å². The number of para-hydroxylation sites is 1. The topological polar surface area (TPSA) is 42.2 Å². The molecule has 0 unspecified atom stereocenters. The molecule has 0 aliphatic rings. The first-order valence-corrected chi connectivity index (χ1v) is 4.25. The van der Waals surface area contributed by atoms with Crippen LogP contribution in [-0.2, 0) is 0 Å². The van der Waals surface area contributed by atoms with Crippen LogP contribution in [0, 0.1) is 6.92 Å². The number of hydrogen-bond donors (Lipinski definition) is 1. The van der Waals surface area contributed by atoms with Crippen molar-refractivity contribution in [1.29, 1.82) is 0 Å². The summed E-state index contributed by atoms with van der Waals surface area (Å²) in [5.41, 5.74) is -0.594. The smallest absolute Gasteiger partial charge is 0.297 e.